The van der Waals surface area contributed by atoms with Crippen molar-refractivity contribution < 1.29 is 59.6 Å². The summed E-state index contributed by atoms with van der Waals surface area (Å²) < 4.78 is 68.3. The molecule has 17 nitrogen and oxygen atoms in total. The molecule has 1 aliphatic heterocycles. The second kappa shape index (κ2) is 13.2. The number of urea groups is 3. The average molecular weight is 655 g/mol. The maximum Gasteiger partial charge on any atom is 0.476 e. The Labute approximate surface area is 252 Å². The van der Waals surface area contributed by atoms with Crippen LogP contribution in [0.15, 0.2) is 63.4 Å². The summed E-state index contributed by atoms with van der Waals surface area (Å²) in [5, 5.41) is 3.73. The van der Waals surface area contributed by atoms with E-state index >= 15 is 0 Å². The number of methoxy groups -OCH3 is 2. The van der Waals surface area contributed by atoms with E-state index in [4.69, 9.17) is 4.74 Å². The minimum atomic E-state index is -5.04. The van der Waals surface area contributed by atoms with Crippen LogP contribution in [0.1, 0.15) is 40.5 Å². The number of sulfonamides is 2. The fourth-order valence-electron chi connectivity index (χ4n) is 3.76. The summed E-state index contributed by atoms with van der Waals surface area (Å²) >= 11 is 0. The van der Waals surface area contributed by atoms with E-state index in [1.165, 1.54) is 33.7 Å². The number of benzene rings is 2. The van der Waals surface area contributed by atoms with Crippen LogP contribution in [0.2, 0.25) is 0 Å². The Bertz CT molecular complexity index is 1650. The van der Waals surface area contributed by atoms with Gasteiger partial charge in [0.2, 0.25) is 0 Å². The molecular formula is C25H28N5O12S2+. The van der Waals surface area contributed by atoms with Crippen molar-refractivity contribution in [1.29, 1.82) is 0 Å². The van der Waals surface area contributed by atoms with Gasteiger partial charge in [-0.3, -0.25) is 0 Å². The fourth-order valence-corrected chi connectivity index (χ4v) is 6.10. The molecule has 0 fully saturated rings. The van der Waals surface area contributed by atoms with Crippen LogP contribution < -0.4 is 9.44 Å². The van der Waals surface area contributed by atoms with Crippen LogP contribution in [0.25, 0.3) is 0 Å². The zero-order valence-electron chi connectivity index (χ0n) is 23.8. The number of hydrogen-bond donors (Lipinski definition) is 2. The molecule has 19 heteroatoms. The van der Waals surface area contributed by atoms with Crippen molar-refractivity contribution in [2.45, 2.75) is 29.6 Å². The van der Waals surface area contributed by atoms with Crippen molar-refractivity contribution in [3.05, 3.63) is 59.7 Å². The summed E-state index contributed by atoms with van der Waals surface area (Å²) in [6.07, 6.45) is 1.10. The molecule has 0 spiro atoms. The maximum atomic E-state index is 13.6. The summed E-state index contributed by atoms with van der Waals surface area (Å²) in [7, 11) is -7.05. The first-order valence-corrected chi connectivity index (χ1v) is 15.5. The number of imide groups is 3. The molecule has 1 heterocycles. The van der Waals surface area contributed by atoms with Gasteiger partial charge in [0.15, 0.2) is 0 Å². The molecular weight excluding hydrogens is 626 g/mol. The number of amidine groups is 1. The average Bonchev–Trinajstić information content (AvgIpc) is 3.26. The van der Waals surface area contributed by atoms with Gasteiger partial charge >= 0.3 is 36.1 Å². The van der Waals surface area contributed by atoms with Gasteiger partial charge in [-0.05, 0) is 30.7 Å². The first-order valence-electron chi connectivity index (χ1n) is 12.6. The standard InChI is InChI=1S/C25H27N5O12S2/c1-5-6-15-42-22-26-30(25(35)29(22)2,23(33)27-43(36,37)18-13-9-7-11-16(18)20(31)40-3)24(34)28-44(38,39)19-14-10-8-12-17(19)21(32)41-4/h7-14H,5-6,15H2,1-4H3,(H-,27,28,33,34)/p+1. The van der Waals surface area contributed by atoms with E-state index in [0.29, 0.717) is 17.7 Å². The zero-order chi connectivity index (χ0) is 32.9. The van der Waals surface area contributed by atoms with E-state index in [0.717, 1.165) is 45.5 Å². The second-order valence-electron chi connectivity index (χ2n) is 8.86. The Kier molecular flexibility index (Phi) is 10.1. The first kappa shape index (κ1) is 33.6. The number of esters is 2. The van der Waals surface area contributed by atoms with Crippen LogP contribution in [0, 0.1) is 0 Å². The van der Waals surface area contributed by atoms with Gasteiger partial charge in [0, 0.05) is 12.1 Å². The molecule has 0 aliphatic carbocycles. The van der Waals surface area contributed by atoms with E-state index < -0.39 is 81.6 Å². The van der Waals surface area contributed by atoms with Gasteiger partial charge in [0.05, 0.1) is 36.5 Å². The highest BCUT2D eigenvalue weighted by molar-refractivity contribution is 7.90. The van der Waals surface area contributed by atoms with Gasteiger partial charge in [0.1, 0.15) is 9.79 Å². The molecule has 236 valence electrons. The largest absolute Gasteiger partial charge is 0.476 e. The lowest BCUT2D eigenvalue weighted by Gasteiger charge is -2.20. The predicted octanol–water partition coefficient (Wildman–Crippen LogP) is 1.73. The van der Waals surface area contributed by atoms with E-state index in [-0.39, 0.29) is 6.61 Å². The first-order chi connectivity index (χ1) is 20.7. The molecule has 0 radical (unpaired) electrons. The molecule has 6 amide bonds. The third-order valence-corrected chi connectivity index (χ3v) is 8.77. The van der Waals surface area contributed by atoms with Crippen molar-refractivity contribution in [3.63, 3.8) is 0 Å². The minimum Gasteiger partial charge on any atom is -0.465 e. The quantitative estimate of drug-likeness (QED) is 0.224. The van der Waals surface area contributed by atoms with Gasteiger partial charge in [-0.1, -0.05) is 37.6 Å². The summed E-state index contributed by atoms with van der Waals surface area (Å²) in [5.74, 6) is -2.17. The van der Waals surface area contributed by atoms with E-state index in [1.807, 2.05) is 6.92 Å². The zero-order valence-corrected chi connectivity index (χ0v) is 25.4. The van der Waals surface area contributed by atoms with E-state index in [1.54, 1.807) is 0 Å². The summed E-state index contributed by atoms with van der Waals surface area (Å²) in [4.78, 5) is 64.2. The Morgan fingerprint density at radius 2 is 1.25 bits per heavy atom. The number of nitrogens with zero attached hydrogens (tertiary/aromatic N) is 3. The SMILES string of the molecule is CCCCOC1=N[N+](C(=O)NS(=O)(=O)c2ccccc2C(=O)OC)(C(=O)NS(=O)(=O)c2ccccc2C(=O)OC)C(=O)N1C. The number of amides is 6. The maximum absolute atomic E-state index is 13.6. The number of rotatable bonds is 9. The minimum absolute atomic E-state index is 0.0359. The lowest BCUT2D eigenvalue weighted by atomic mass is 10.2. The number of ether oxygens (including phenoxy) is 3. The Hall–Kier alpha value is -4.88. The van der Waals surface area contributed by atoms with E-state index in [2.05, 4.69) is 14.6 Å². The molecule has 0 atom stereocenters. The summed E-state index contributed by atoms with van der Waals surface area (Å²) in [6, 6.07) is 3.09. The normalized spacial score (nSPS) is 14.3. The molecule has 0 bridgehead atoms. The van der Waals surface area contributed by atoms with Crippen LogP contribution >= 0.6 is 0 Å². The topological polar surface area (TPSA) is 221 Å². The monoisotopic (exact) mass is 654 g/mol. The van der Waals surface area contributed by atoms with Crippen LogP contribution in [0.3, 0.4) is 0 Å². The predicted molar refractivity (Wildman–Crippen MR) is 149 cm³/mol. The van der Waals surface area contributed by atoms with Crippen molar-refractivity contribution in [1.82, 2.24) is 14.3 Å². The Morgan fingerprint density at radius 3 is 1.66 bits per heavy atom. The number of hydrogen-bond acceptors (Lipinski definition) is 13. The number of carbonyl (C=O) groups is 5. The highest BCUT2D eigenvalue weighted by Crippen LogP contribution is 2.26. The molecule has 2 aromatic carbocycles. The summed E-state index contributed by atoms with van der Waals surface area (Å²) in [6.45, 7) is 1.79. The third kappa shape index (κ3) is 6.38. The van der Waals surface area contributed by atoms with Gasteiger partial charge in [-0.15, -0.1) is 0 Å². The van der Waals surface area contributed by atoms with Gasteiger partial charge in [-0.2, -0.15) is 9.44 Å². The lowest BCUT2D eigenvalue weighted by Crippen LogP contribution is -2.64. The Morgan fingerprint density at radius 1 is 0.818 bits per heavy atom. The van der Waals surface area contributed by atoms with Gasteiger partial charge < -0.3 is 14.2 Å². The molecule has 3 rings (SSSR count). The number of unbranched alkanes of at least 4 members (excludes halogenated alkanes) is 1. The molecule has 2 aromatic rings. The van der Waals surface area contributed by atoms with Crippen molar-refractivity contribution in [2.75, 3.05) is 27.9 Å². The third-order valence-electron chi connectivity index (χ3n) is 6.01. The smallest absolute Gasteiger partial charge is 0.465 e. The van der Waals surface area contributed by atoms with Crippen molar-refractivity contribution >= 4 is 56.1 Å². The van der Waals surface area contributed by atoms with Crippen LogP contribution in [0.4, 0.5) is 14.4 Å². The van der Waals surface area contributed by atoms with Gasteiger partial charge in [-0.25, -0.2) is 45.7 Å². The Balaban J connectivity index is 2.14. The number of carbonyl (C=O) groups excluding carboxylic acids is 5. The van der Waals surface area contributed by atoms with Crippen molar-refractivity contribution in [3.8, 4) is 0 Å². The highest BCUT2D eigenvalue weighted by Gasteiger charge is 2.64. The van der Waals surface area contributed by atoms with Crippen molar-refractivity contribution in [2.24, 2.45) is 5.10 Å². The molecule has 0 aromatic heterocycles. The number of nitrogens with one attached hydrogen (secondary N) is 2. The molecule has 0 saturated carbocycles. The van der Waals surface area contributed by atoms with Crippen LogP contribution in [-0.4, -0.2) is 90.3 Å². The van der Waals surface area contributed by atoms with E-state index in [9.17, 15) is 40.8 Å². The number of quaternary nitrogens is 1. The summed E-state index contributed by atoms with van der Waals surface area (Å²) in [5.41, 5.74) is -0.990. The second-order valence-corrected chi connectivity index (χ2v) is 12.2. The van der Waals surface area contributed by atoms with Crippen LogP contribution in [-0.2, 0) is 34.3 Å². The molecule has 2 N–H and O–H groups in total. The van der Waals surface area contributed by atoms with Gasteiger partial charge in [0.25, 0.3) is 20.0 Å². The lowest BCUT2D eigenvalue weighted by molar-refractivity contribution is -0.685. The van der Waals surface area contributed by atoms with Crippen LogP contribution in [0.5, 0.6) is 0 Å². The molecule has 1 aliphatic rings. The molecule has 0 unspecified atom stereocenters. The fraction of sp³-hybridized carbons (Fsp3) is 0.280. The molecule has 0 saturated heterocycles. The molecule has 44 heavy (non-hydrogen) atoms. The highest BCUT2D eigenvalue weighted by atomic mass is 32.2.